The van der Waals surface area contributed by atoms with Gasteiger partial charge in [0.05, 0.1) is 6.10 Å². The Bertz CT molecular complexity index is 925. The van der Waals surface area contributed by atoms with Crippen molar-refractivity contribution < 1.29 is 28.6 Å². The first-order valence-electron chi connectivity index (χ1n) is 10.3. The quantitative estimate of drug-likeness (QED) is 0.707. The normalized spacial score (nSPS) is 30.1. The van der Waals surface area contributed by atoms with Gasteiger partial charge >= 0.3 is 0 Å². The molecule has 1 aromatic carbocycles. The highest BCUT2D eigenvalue weighted by Crippen LogP contribution is 2.41. The zero-order chi connectivity index (χ0) is 22.2. The highest BCUT2D eigenvalue weighted by atomic mass is 16.8. The van der Waals surface area contributed by atoms with Gasteiger partial charge in [-0.3, -0.25) is 19.3 Å². The number of hydrogen-bond donors (Lipinski definition) is 0. The van der Waals surface area contributed by atoms with Gasteiger partial charge in [0.1, 0.15) is 37.0 Å². The lowest BCUT2D eigenvalue weighted by molar-refractivity contribution is -0.206. The Morgan fingerprint density at radius 1 is 1.19 bits per heavy atom. The van der Waals surface area contributed by atoms with E-state index in [2.05, 4.69) is 0 Å². The zero-order valence-electron chi connectivity index (χ0n) is 17.7. The molecule has 0 radical (unpaired) electrons. The molecule has 0 spiro atoms. The largest absolute Gasteiger partial charge is 0.349 e. The molecule has 3 aliphatic heterocycles. The summed E-state index contributed by atoms with van der Waals surface area (Å²) in [5.41, 5.74) is 0.606. The molecule has 4 rings (SSSR count). The van der Waals surface area contributed by atoms with Crippen molar-refractivity contribution in [2.45, 2.75) is 64.1 Å². The summed E-state index contributed by atoms with van der Waals surface area (Å²) in [6.07, 6.45) is -0.0695. The number of fused-ring (bicyclic) bond motifs is 1. The van der Waals surface area contributed by atoms with E-state index in [4.69, 9.17) is 19.0 Å². The molecule has 2 amide bonds. The summed E-state index contributed by atoms with van der Waals surface area (Å²) in [6, 6.07) is 11.1. The average Bonchev–Trinajstić information content (AvgIpc) is 3.20. The fraction of sp³-hybridized carbons (Fsp3) is 0.500. The standard InChI is InChI=1S/C22H25N3O6/c1-4-16-18-19(31-22(2,3)30-18)21(29-16)24-11-15(10-23)20(27)25(12-17(24)26)28-13-14-8-6-5-7-9-14/h5-9,11,16,18-19,21H,4,12-13H2,1-3H3/t16-,18+,19?,21?/m1/s1. The van der Waals surface area contributed by atoms with Gasteiger partial charge in [0, 0.05) is 6.20 Å². The SMILES string of the molecule is CC[C@H]1OC(N2C=C(C#N)C(=O)N(OCc3ccccc3)CC2=O)C2OC(C)(C)O[C@H]21. The molecule has 0 aromatic heterocycles. The van der Waals surface area contributed by atoms with Crippen molar-refractivity contribution in [2.24, 2.45) is 0 Å². The second-order valence-corrected chi connectivity index (χ2v) is 8.09. The molecule has 0 bridgehead atoms. The van der Waals surface area contributed by atoms with Crippen LogP contribution in [-0.2, 0) is 35.2 Å². The lowest BCUT2D eigenvalue weighted by Gasteiger charge is -2.30. The van der Waals surface area contributed by atoms with Gasteiger partial charge in [0.15, 0.2) is 12.0 Å². The van der Waals surface area contributed by atoms with Gasteiger partial charge < -0.3 is 14.2 Å². The van der Waals surface area contributed by atoms with Crippen molar-refractivity contribution in [3.8, 4) is 6.07 Å². The van der Waals surface area contributed by atoms with Crippen LogP contribution >= 0.6 is 0 Å². The summed E-state index contributed by atoms with van der Waals surface area (Å²) in [7, 11) is 0. The zero-order valence-corrected chi connectivity index (χ0v) is 17.7. The first-order valence-corrected chi connectivity index (χ1v) is 10.3. The molecule has 1 aromatic rings. The molecule has 3 aliphatic rings. The van der Waals surface area contributed by atoms with E-state index in [0.29, 0.717) is 6.42 Å². The van der Waals surface area contributed by atoms with Gasteiger partial charge in [0.2, 0.25) is 0 Å². The number of hydrogen-bond acceptors (Lipinski definition) is 7. The van der Waals surface area contributed by atoms with Crippen molar-refractivity contribution in [3.05, 3.63) is 47.7 Å². The van der Waals surface area contributed by atoms with Crippen LogP contribution in [0, 0.1) is 11.3 Å². The second-order valence-electron chi connectivity index (χ2n) is 8.09. The van der Waals surface area contributed by atoms with Gasteiger partial charge in [-0.05, 0) is 25.8 Å². The van der Waals surface area contributed by atoms with E-state index in [1.54, 1.807) is 13.8 Å². The third kappa shape index (κ3) is 4.20. The van der Waals surface area contributed by atoms with Crippen molar-refractivity contribution >= 4 is 11.8 Å². The number of nitrogens with zero attached hydrogens (tertiary/aromatic N) is 3. The summed E-state index contributed by atoms with van der Waals surface area (Å²) in [5, 5.41) is 10.5. The Kier molecular flexibility index (Phi) is 5.81. The lowest BCUT2D eigenvalue weighted by Crippen LogP contribution is -2.47. The Hall–Kier alpha value is -2.77. The van der Waals surface area contributed by atoms with E-state index in [0.717, 1.165) is 10.6 Å². The lowest BCUT2D eigenvalue weighted by atomic mass is 10.1. The van der Waals surface area contributed by atoms with Crippen LogP contribution in [-0.4, -0.2) is 58.6 Å². The molecule has 4 atom stereocenters. The van der Waals surface area contributed by atoms with E-state index in [9.17, 15) is 14.9 Å². The summed E-state index contributed by atoms with van der Waals surface area (Å²) >= 11 is 0. The summed E-state index contributed by atoms with van der Waals surface area (Å²) in [4.78, 5) is 32.7. The monoisotopic (exact) mass is 427 g/mol. The van der Waals surface area contributed by atoms with Crippen LogP contribution in [0.2, 0.25) is 0 Å². The molecule has 2 saturated heterocycles. The number of carbonyl (C=O) groups excluding carboxylic acids is 2. The third-order valence-corrected chi connectivity index (χ3v) is 5.44. The summed E-state index contributed by atoms with van der Waals surface area (Å²) in [5.74, 6) is -1.94. The number of rotatable bonds is 5. The van der Waals surface area contributed by atoms with Gasteiger partial charge in [-0.15, -0.1) is 0 Å². The molecule has 3 heterocycles. The molecule has 2 unspecified atom stereocenters. The summed E-state index contributed by atoms with van der Waals surface area (Å²) < 4.78 is 18.0. The molecular formula is C22H25N3O6. The van der Waals surface area contributed by atoms with Gasteiger partial charge in [0.25, 0.3) is 11.8 Å². The maximum absolute atomic E-state index is 13.1. The Morgan fingerprint density at radius 3 is 2.58 bits per heavy atom. The Morgan fingerprint density at radius 2 is 1.90 bits per heavy atom. The molecule has 2 fully saturated rings. The van der Waals surface area contributed by atoms with E-state index in [-0.39, 0.29) is 30.9 Å². The van der Waals surface area contributed by atoms with Crippen molar-refractivity contribution in [1.82, 2.24) is 9.96 Å². The van der Waals surface area contributed by atoms with Crippen LogP contribution in [0.25, 0.3) is 0 Å². The highest BCUT2D eigenvalue weighted by Gasteiger charge is 2.57. The minimum absolute atomic E-state index is 0.0895. The maximum Gasteiger partial charge on any atom is 0.290 e. The third-order valence-electron chi connectivity index (χ3n) is 5.44. The maximum atomic E-state index is 13.1. The number of ether oxygens (including phenoxy) is 3. The molecule has 31 heavy (non-hydrogen) atoms. The Balaban J connectivity index is 1.56. The predicted molar refractivity (Wildman–Crippen MR) is 106 cm³/mol. The first-order chi connectivity index (χ1) is 14.8. The molecule has 0 N–H and O–H groups in total. The molecule has 0 aliphatic carbocycles. The fourth-order valence-electron chi connectivity index (χ4n) is 4.01. The average molecular weight is 427 g/mol. The van der Waals surface area contributed by atoms with Crippen LogP contribution in [0.3, 0.4) is 0 Å². The Labute approximate surface area is 180 Å². The molecule has 9 nitrogen and oxygen atoms in total. The van der Waals surface area contributed by atoms with Crippen LogP contribution in [0.15, 0.2) is 42.1 Å². The fourth-order valence-corrected chi connectivity index (χ4v) is 4.01. The van der Waals surface area contributed by atoms with E-state index >= 15 is 0 Å². The minimum Gasteiger partial charge on any atom is -0.349 e. The van der Waals surface area contributed by atoms with Gasteiger partial charge in [-0.1, -0.05) is 37.3 Å². The van der Waals surface area contributed by atoms with Crippen LogP contribution in [0.1, 0.15) is 32.8 Å². The van der Waals surface area contributed by atoms with Crippen molar-refractivity contribution in [3.63, 3.8) is 0 Å². The first kappa shape index (κ1) is 21.5. The minimum atomic E-state index is -0.817. The van der Waals surface area contributed by atoms with Crippen LogP contribution < -0.4 is 0 Å². The molecule has 164 valence electrons. The molecular weight excluding hydrogens is 402 g/mol. The van der Waals surface area contributed by atoms with Crippen molar-refractivity contribution in [2.75, 3.05) is 6.54 Å². The topological polar surface area (TPSA) is 101 Å². The second kappa shape index (κ2) is 8.40. The van der Waals surface area contributed by atoms with Crippen LogP contribution in [0.5, 0.6) is 0 Å². The number of benzene rings is 1. The van der Waals surface area contributed by atoms with Gasteiger partial charge in [-0.2, -0.15) is 5.26 Å². The number of hydroxylamine groups is 2. The van der Waals surface area contributed by atoms with E-state index < -0.39 is 29.9 Å². The molecule has 0 saturated carbocycles. The summed E-state index contributed by atoms with van der Waals surface area (Å²) in [6.45, 7) is 5.30. The molecule has 9 heteroatoms. The number of amides is 2. The predicted octanol–water partition coefficient (Wildman–Crippen LogP) is 1.85. The van der Waals surface area contributed by atoms with E-state index in [1.807, 2.05) is 43.3 Å². The van der Waals surface area contributed by atoms with E-state index in [1.165, 1.54) is 11.1 Å². The van der Waals surface area contributed by atoms with Crippen LogP contribution in [0.4, 0.5) is 0 Å². The smallest absolute Gasteiger partial charge is 0.290 e. The van der Waals surface area contributed by atoms with Gasteiger partial charge in [-0.25, -0.2) is 5.06 Å². The van der Waals surface area contributed by atoms with Crippen molar-refractivity contribution in [1.29, 1.82) is 5.26 Å². The highest BCUT2D eigenvalue weighted by molar-refractivity contribution is 6.00. The number of nitriles is 1. The number of carbonyl (C=O) groups is 2.